The van der Waals surface area contributed by atoms with Crippen molar-refractivity contribution >= 4 is 56.6 Å². The molecule has 0 saturated heterocycles. The Hall–Kier alpha value is -4.28. The maximum Gasteiger partial charge on any atom is 0.228 e. The molecule has 0 radical (unpaired) electrons. The first-order valence-electron chi connectivity index (χ1n) is 21.8. The van der Waals surface area contributed by atoms with Gasteiger partial charge in [0, 0.05) is 23.9 Å². The van der Waals surface area contributed by atoms with E-state index < -0.39 is 17.9 Å². The van der Waals surface area contributed by atoms with Gasteiger partial charge in [0.25, 0.3) is 0 Å². The topological polar surface area (TPSA) is 148 Å². The lowest BCUT2D eigenvalue weighted by Crippen LogP contribution is -2.61. The van der Waals surface area contributed by atoms with Crippen molar-refractivity contribution in [2.75, 3.05) is 41.0 Å². The summed E-state index contributed by atoms with van der Waals surface area (Å²) in [5.74, 6) is 4.18. The molecule has 4 aromatic rings. The number of aliphatic hydroxyl groups excluding tert-OH is 2. The van der Waals surface area contributed by atoms with Crippen LogP contribution in [0.4, 0.5) is 23.0 Å². The summed E-state index contributed by atoms with van der Waals surface area (Å²) in [7, 11) is 0. The highest BCUT2D eigenvalue weighted by Crippen LogP contribution is 2.69. The zero-order valence-electron chi connectivity index (χ0n) is 33.2. The molecule has 57 heavy (non-hydrogen) atoms. The summed E-state index contributed by atoms with van der Waals surface area (Å²) in [6.07, 6.45) is 13.3. The molecule has 300 valence electrons. The lowest BCUT2D eigenvalue weighted by atomic mass is 9.40. The highest BCUT2D eigenvalue weighted by atomic mass is 16.3. The Balaban J connectivity index is 1.06. The first kappa shape index (κ1) is 37.0. The summed E-state index contributed by atoms with van der Waals surface area (Å²) in [4.78, 5) is 41.1. The zero-order chi connectivity index (χ0) is 38.9. The summed E-state index contributed by atoms with van der Waals surface area (Å²) < 4.78 is 0. The van der Waals surface area contributed by atoms with Gasteiger partial charge in [0.1, 0.15) is 11.6 Å². The van der Waals surface area contributed by atoms with E-state index in [1.807, 2.05) is 60.7 Å². The predicted molar refractivity (Wildman–Crippen MR) is 225 cm³/mol. The Morgan fingerprint density at radius 3 is 1.42 bits per heavy atom. The number of hydrogen-bond donors (Lipinski definition) is 6. The first-order valence-corrected chi connectivity index (χ1v) is 21.8. The standard InChI is InChI=1S/C47H58N6O4/c1-27(55)26-49-41-11-9-35-37(51-41)5-3-7-39(35)53-45(57)43(47-23-31-17-32(24-47)19-33(18-31)25-47)42(46-20-28-14-29(21-46)16-30(15-28)22-46)44(56)52-38-6-2-4-36-34(38)8-10-40(50-36)48-12-13-54/h2-11,27-33,42-43,54-55H,12-26H2,1H3,(H,48,50)(H,49,51)(H,52,56)(H,53,57)/t27-,28?,29?,30?,31?,32?,33?,42?,43?,46?,47?/m0/s1. The highest BCUT2D eigenvalue weighted by molar-refractivity contribution is 6.07. The molecule has 12 rings (SSSR count). The van der Waals surface area contributed by atoms with E-state index in [4.69, 9.17) is 9.97 Å². The number of nitrogens with one attached hydrogen (secondary N) is 4. The van der Waals surface area contributed by atoms with Gasteiger partial charge in [-0.1, -0.05) is 12.1 Å². The third-order valence-corrected chi connectivity index (χ3v) is 15.4. The van der Waals surface area contributed by atoms with Crippen LogP contribution in [0.3, 0.4) is 0 Å². The Morgan fingerprint density at radius 1 is 0.632 bits per heavy atom. The minimum absolute atomic E-state index is 0.00348. The molecule has 8 aliphatic rings. The Morgan fingerprint density at radius 2 is 1.04 bits per heavy atom. The van der Waals surface area contributed by atoms with E-state index in [1.54, 1.807) is 6.92 Å². The van der Waals surface area contributed by atoms with Crippen LogP contribution >= 0.6 is 0 Å². The largest absolute Gasteiger partial charge is 0.395 e. The molecule has 8 aliphatic carbocycles. The summed E-state index contributed by atoms with van der Waals surface area (Å²) in [5.41, 5.74) is 2.56. The Kier molecular flexibility index (Phi) is 9.43. The van der Waals surface area contributed by atoms with Crippen LogP contribution < -0.4 is 21.3 Å². The number of carbonyl (C=O) groups excluding carboxylic acids is 2. The second kappa shape index (κ2) is 14.5. The second-order valence-electron chi connectivity index (χ2n) is 19.5. The van der Waals surface area contributed by atoms with E-state index in [2.05, 4.69) is 21.3 Å². The van der Waals surface area contributed by atoms with Crippen molar-refractivity contribution in [2.45, 2.75) is 90.1 Å². The van der Waals surface area contributed by atoms with E-state index in [0.717, 1.165) is 71.7 Å². The van der Waals surface area contributed by atoms with Gasteiger partial charge in [-0.05, 0) is 179 Å². The predicted octanol–water partition coefficient (Wildman–Crippen LogP) is 8.22. The van der Waals surface area contributed by atoms with Crippen LogP contribution in [0.1, 0.15) is 84.0 Å². The van der Waals surface area contributed by atoms with Crippen molar-refractivity contribution in [3.8, 4) is 0 Å². The molecule has 0 aliphatic heterocycles. The number of nitrogens with zero attached hydrogens (tertiary/aromatic N) is 2. The van der Waals surface area contributed by atoms with Crippen LogP contribution in [0.15, 0.2) is 60.7 Å². The zero-order valence-corrected chi connectivity index (χ0v) is 33.2. The van der Waals surface area contributed by atoms with Gasteiger partial charge in [0.15, 0.2) is 0 Å². The van der Waals surface area contributed by atoms with E-state index in [1.165, 1.54) is 38.5 Å². The monoisotopic (exact) mass is 770 g/mol. The third-order valence-electron chi connectivity index (χ3n) is 15.4. The Labute approximate surface area is 335 Å². The van der Waals surface area contributed by atoms with Crippen LogP contribution in [0, 0.1) is 58.2 Å². The lowest BCUT2D eigenvalue weighted by molar-refractivity contribution is -0.172. The van der Waals surface area contributed by atoms with Crippen LogP contribution in [-0.4, -0.2) is 57.8 Å². The number of aliphatic hydroxyl groups is 2. The van der Waals surface area contributed by atoms with Gasteiger partial charge in [-0.15, -0.1) is 0 Å². The summed E-state index contributed by atoms with van der Waals surface area (Å²) >= 11 is 0. The third kappa shape index (κ3) is 6.84. The minimum Gasteiger partial charge on any atom is -0.395 e. The van der Waals surface area contributed by atoms with Crippen LogP contribution in [0.5, 0.6) is 0 Å². The molecule has 6 N–H and O–H groups in total. The number of fused-ring (bicyclic) bond motifs is 2. The summed E-state index contributed by atoms with van der Waals surface area (Å²) in [6.45, 7) is 2.56. The maximum absolute atomic E-state index is 15.8. The molecule has 10 heteroatoms. The van der Waals surface area contributed by atoms with Crippen LogP contribution in [0.2, 0.25) is 0 Å². The van der Waals surface area contributed by atoms with E-state index in [9.17, 15) is 10.2 Å². The molecule has 8 bridgehead atoms. The van der Waals surface area contributed by atoms with E-state index in [-0.39, 0.29) is 29.3 Å². The van der Waals surface area contributed by atoms with Gasteiger partial charge in [-0.2, -0.15) is 0 Å². The van der Waals surface area contributed by atoms with Crippen molar-refractivity contribution in [2.24, 2.45) is 58.2 Å². The van der Waals surface area contributed by atoms with Crippen LogP contribution in [0.25, 0.3) is 21.8 Å². The molecule has 2 unspecified atom stereocenters. The molecule has 8 fully saturated rings. The number of carbonyl (C=O) groups is 2. The lowest BCUT2D eigenvalue weighted by Gasteiger charge is -2.64. The molecule has 3 atom stereocenters. The molecule has 2 aromatic carbocycles. The van der Waals surface area contributed by atoms with Crippen molar-refractivity contribution < 1.29 is 19.8 Å². The number of aromatic nitrogens is 2. The number of anilines is 4. The fraction of sp³-hybridized carbons (Fsp3) is 0.574. The van der Waals surface area contributed by atoms with Gasteiger partial charge in [-0.25, -0.2) is 9.97 Å². The normalized spacial score (nSPS) is 32.3. The van der Waals surface area contributed by atoms with Gasteiger partial charge >= 0.3 is 0 Å². The van der Waals surface area contributed by atoms with Gasteiger partial charge in [-0.3, -0.25) is 9.59 Å². The van der Waals surface area contributed by atoms with E-state index >= 15 is 9.59 Å². The molecule has 2 heterocycles. The number of benzene rings is 2. The molecular formula is C47H58N6O4. The van der Waals surface area contributed by atoms with Crippen molar-refractivity contribution in [1.82, 2.24) is 9.97 Å². The molecule has 2 aromatic heterocycles. The average molecular weight is 771 g/mol. The smallest absolute Gasteiger partial charge is 0.228 e. The van der Waals surface area contributed by atoms with Crippen molar-refractivity contribution in [3.63, 3.8) is 0 Å². The SMILES string of the molecule is C[C@H](O)CNc1ccc2c(NC(=O)C(C(C(=O)Nc3cccc4nc(NCCO)ccc34)C34CC5CC(CC(C5)C3)C4)C34CC5CC(CC(C5)C3)C4)cccc2n1. The number of rotatable bonds is 13. The Bertz CT molecular complexity index is 2120. The summed E-state index contributed by atoms with van der Waals surface area (Å²) in [6, 6.07) is 19.6. The average Bonchev–Trinajstić information content (AvgIpc) is 3.17. The van der Waals surface area contributed by atoms with Crippen molar-refractivity contribution in [3.05, 3.63) is 60.7 Å². The fourth-order valence-corrected chi connectivity index (χ4v) is 14.3. The molecular weight excluding hydrogens is 713 g/mol. The van der Waals surface area contributed by atoms with Gasteiger partial charge in [0.05, 0.1) is 47.0 Å². The van der Waals surface area contributed by atoms with Crippen LogP contribution in [-0.2, 0) is 9.59 Å². The number of pyridine rings is 2. The highest BCUT2D eigenvalue weighted by Gasteiger charge is 2.65. The summed E-state index contributed by atoms with van der Waals surface area (Å²) in [5, 5.41) is 34.3. The first-order chi connectivity index (χ1) is 27.7. The molecule has 0 spiro atoms. The van der Waals surface area contributed by atoms with Gasteiger partial charge in [0.2, 0.25) is 11.8 Å². The molecule has 8 saturated carbocycles. The van der Waals surface area contributed by atoms with Gasteiger partial charge < -0.3 is 31.5 Å². The van der Waals surface area contributed by atoms with Crippen molar-refractivity contribution in [1.29, 1.82) is 0 Å². The second-order valence-corrected chi connectivity index (χ2v) is 19.5. The quantitative estimate of drug-likeness (QED) is 0.0797. The molecule has 2 amide bonds. The van der Waals surface area contributed by atoms with E-state index in [0.29, 0.717) is 60.2 Å². The number of amides is 2. The molecule has 10 nitrogen and oxygen atoms in total. The fourth-order valence-electron chi connectivity index (χ4n) is 14.3. The number of hydrogen-bond acceptors (Lipinski definition) is 8. The maximum atomic E-state index is 15.8. The minimum atomic E-state index is -0.501.